The first-order chi connectivity index (χ1) is 7.35. The molecule has 0 saturated heterocycles. The third-order valence-electron chi connectivity index (χ3n) is 1.39. The molecule has 0 bridgehead atoms. The van der Waals surface area contributed by atoms with Gasteiger partial charge in [-0.15, -0.1) is 0 Å². The van der Waals surface area contributed by atoms with Crippen LogP contribution in [0.1, 0.15) is 5.56 Å². The largest absolute Gasteiger partial charge is 0.346 e. The van der Waals surface area contributed by atoms with E-state index in [9.17, 15) is 8.42 Å². The molecule has 0 aromatic heterocycles. The topological polar surface area (TPSA) is 83.8 Å². The summed E-state index contributed by atoms with van der Waals surface area (Å²) >= 11 is 0. The van der Waals surface area contributed by atoms with Crippen molar-refractivity contribution in [2.75, 3.05) is 7.11 Å². The molecule has 16 heavy (non-hydrogen) atoms. The molecule has 5 nitrogen and oxygen atoms in total. The average molecular weight is 269 g/mol. The van der Waals surface area contributed by atoms with E-state index in [0.29, 0.717) is 5.56 Å². The molecular formula is C9H13ClO5S. The predicted molar refractivity (Wildman–Crippen MR) is 60.2 cm³/mol. The zero-order chi connectivity index (χ0) is 12.6. The van der Waals surface area contributed by atoms with E-state index in [-0.39, 0.29) is 5.75 Å². The zero-order valence-corrected chi connectivity index (χ0v) is 10.1. The molecule has 0 fully saturated rings. The van der Waals surface area contributed by atoms with Crippen LogP contribution in [0.15, 0.2) is 30.3 Å². The van der Waals surface area contributed by atoms with Crippen molar-refractivity contribution >= 4 is 19.7 Å². The quantitative estimate of drug-likeness (QED) is 0.621. The van der Waals surface area contributed by atoms with Crippen molar-refractivity contribution in [1.29, 1.82) is 0 Å². The van der Waals surface area contributed by atoms with Crippen LogP contribution in [-0.2, 0) is 19.5 Å². The number of hydrogen-bond donors (Lipinski definition) is 2. The lowest BCUT2D eigenvalue weighted by molar-refractivity contribution is -0.218. The number of aliphatic hydroxyl groups is 2. The number of aliphatic hydroxyl groups excluding tert-OH is 1. The van der Waals surface area contributed by atoms with Gasteiger partial charge in [-0.25, -0.2) is 8.42 Å². The molecule has 0 amide bonds. The number of hydrogen-bond acceptors (Lipinski definition) is 5. The highest BCUT2D eigenvalue weighted by atomic mass is 35.7. The van der Waals surface area contributed by atoms with E-state index < -0.39 is 15.5 Å². The second kappa shape index (κ2) is 7.59. The monoisotopic (exact) mass is 268 g/mol. The first-order valence-corrected chi connectivity index (χ1v) is 6.68. The predicted octanol–water partition coefficient (Wildman–Crippen LogP) is 0.656. The summed E-state index contributed by atoms with van der Waals surface area (Å²) in [6, 6.07) is 8.82. The van der Waals surface area contributed by atoms with Crippen molar-refractivity contribution in [3.8, 4) is 0 Å². The second-order valence-electron chi connectivity index (χ2n) is 2.73. The molecule has 2 N–H and O–H groups in total. The molecule has 1 rings (SSSR count). The molecule has 0 spiro atoms. The van der Waals surface area contributed by atoms with E-state index in [4.69, 9.17) is 20.9 Å². The van der Waals surface area contributed by atoms with Crippen molar-refractivity contribution in [3.63, 3.8) is 0 Å². The summed E-state index contributed by atoms with van der Waals surface area (Å²) in [6.07, 6.45) is 0. The molecule has 0 heterocycles. The molecule has 1 aromatic carbocycles. The maximum Gasteiger partial charge on any atom is 0.266 e. The van der Waals surface area contributed by atoms with Crippen LogP contribution in [0, 0.1) is 0 Å². The van der Waals surface area contributed by atoms with Crippen LogP contribution in [0.25, 0.3) is 0 Å². The molecule has 0 aliphatic heterocycles. The van der Waals surface area contributed by atoms with Gasteiger partial charge in [-0.2, -0.15) is 0 Å². The summed E-state index contributed by atoms with van der Waals surface area (Å²) in [5.74, 6) is -0.102. The Bertz CT molecular complexity index is 376. The Morgan fingerprint density at radius 2 is 1.75 bits per heavy atom. The summed E-state index contributed by atoms with van der Waals surface area (Å²) in [6.45, 7) is -1.62. The average Bonchev–Trinajstić information content (AvgIpc) is 2.17. The van der Waals surface area contributed by atoms with Crippen molar-refractivity contribution < 1.29 is 23.4 Å². The van der Waals surface area contributed by atoms with E-state index in [1.54, 1.807) is 24.3 Å². The lowest BCUT2D eigenvalue weighted by atomic mass is 10.2. The Morgan fingerprint density at radius 3 is 2.06 bits per heavy atom. The molecule has 0 aliphatic carbocycles. The van der Waals surface area contributed by atoms with Crippen LogP contribution >= 0.6 is 10.7 Å². The smallest absolute Gasteiger partial charge is 0.266 e. The first kappa shape index (κ1) is 15.3. The van der Waals surface area contributed by atoms with E-state index in [1.165, 1.54) is 7.11 Å². The van der Waals surface area contributed by atoms with Crippen LogP contribution in [0.3, 0.4) is 0 Å². The Kier molecular flexibility index (Phi) is 7.27. The van der Waals surface area contributed by atoms with Crippen LogP contribution in [0.2, 0.25) is 0 Å². The summed E-state index contributed by atoms with van der Waals surface area (Å²) in [5.41, 5.74) is 0.711. The Balaban J connectivity index is 0.000000385. The number of halogens is 1. The van der Waals surface area contributed by atoms with Gasteiger partial charge in [0.15, 0.2) is 0 Å². The molecule has 0 unspecified atom stereocenters. The van der Waals surface area contributed by atoms with Crippen LogP contribution in [-0.4, -0.2) is 32.2 Å². The molecule has 0 saturated carbocycles. The van der Waals surface area contributed by atoms with Crippen molar-refractivity contribution in [2.45, 2.75) is 12.2 Å². The van der Waals surface area contributed by atoms with E-state index in [1.807, 2.05) is 6.07 Å². The number of rotatable bonds is 3. The van der Waals surface area contributed by atoms with Gasteiger partial charge in [0, 0.05) is 17.8 Å². The highest BCUT2D eigenvalue weighted by Gasteiger charge is 2.04. The Hall–Kier alpha value is -0.660. The third-order valence-corrected chi connectivity index (χ3v) is 2.40. The molecular weight excluding hydrogens is 256 g/mol. The minimum atomic E-state index is -3.40. The SMILES string of the molecule is COC(O)O.O=S(=O)(Cl)Cc1ccccc1. The fourth-order valence-corrected chi connectivity index (χ4v) is 1.74. The minimum Gasteiger partial charge on any atom is -0.346 e. The molecule has 0 radical (unpaired) electrons. The number of methoxy groups -OCH3 is 1. The lowest BCUT2D eigenvalue weighted by Crippen LogP contribution is -2.04. The van der Waals surface area contributed by atoms with Gasteiger partial charge in [-0.1, -0.05) is 30.3 Å². The van der Waals surface area contributed by atoms with Gasteiger partial charge in [0.2, 0.25) is 9.05 Å². The maximum atomic E-state index is 10.6. The van der Waals surface area contributed by atoms with Crippen molar-refractivity contribution in [3.05, 3.63) is 35.9 Å². The van der Waals surface area contributed by atoms with E-state index in [0.717, 1.165) is 0 Å². The fraction of sp³-hybridized carbons (Fsp3) is 0.333. The van der Waals surface area contributed by atoms with Crippen LogP contribution in [0.4, 0.5) is 0 Å². The molecule has 0 atom stereocenters. The van der Waals surface area contributed by atoms with E-state index in [2.05, 4.69) is 4.74 Å². The maximum absolute atomic E-state index is 10.6. The molecule has 92 valence electrons. The Labute approximate surface area is 98.7 Å². The minimum absolute atomic E-state index is 0.102. The summed E-state index contributed by atoms with van der Waals surface area (Å²) in [4.78, 5) is 0. The Morgan fingerprint density at radius 1 is 1.31 bits per heavy atom. The van der Waals surface area contributed by atoms with Gasteiger partial charge < -0.3 is 14.9 Å². The highest BCUT2D eigenvalue weighted by Crippen LogP contribution is 2.08. The van der Waals surface area contributed by atoms with Gasteiger partial charge in [0.05, 0.1) is 5.75 Å². The van der Waals surface area contributed by atoms with E-state index >= 15 is 0 Å². The fourth-order valence-electron chi connectivity index (χ4n) is 0.773. The first-order valence-electron chi connectivity index (χ1n) is 4.20. The van der Waals surface area contributed by atoms with Crippen LogP contribution in [0.5, 0.6) is 0 Å². The summed E-state index contributed by atoms with van der Waals surface area (Å²) in [7, 11) is 2.83. The number of ether oxygens (including phenoxy) is 1. The molecule has 0 aliphatic rings. The third kappa shape index (κ3) is 9.88. The lowest BCUT2D eigenvalue weighted by Gasteiger charge is -1.94. The zero-order valence-electron chi connectivity index (χ0n) is 8.58. The molecule has 1 aromatic rings. The van der Waals surface area contributed by atoms with Gasteiger partial charge in [0.1, 0.15) is 0 Å². The van der Waals surface area contributed by atoms with Gasteiger partial charge >= 0.3 is 0 Å². The van der Waals surface area contributed by atoms with Crippen molar-refractivity contribution in [1.82, 2.24) is 0 Å². The highest BCUT2D eigenvalue weighted by molar-refractivity contribution is 8.13. The van der Waals surface area contributed by atoms with Gasteiger partial charge in [-0.3, -0.25) is 0 Å². The second-order valence-corrected chi connectivity index (χ2v) is 5.51. The standard InChI is InChI=1S/C7H7ClO2S.C2H6O3/c8-11(9,10)6-7-4-2-1-3-5-7;1-5-2(3)4/h1-5H,6H2;2-4H,1H3. The van der Waals surface area contributed by atoms with Crippen molar-refractivity contribution in [2.24, 2.45) is 0 Å². The van der Waals surface area contributed by atoms with Gasteiger partial charge in [-0.05, 0) is 5.56 Å². The molecule has 7 heteroatoms. The summed E-state index contributed by atoms with van der Waals surface area (Å²) in [5, 5.41) is 15.4. The van der Waals surface area contributed by atoms with Crippen LogP contribution < -0.4 is 0 Å². The normalized spacial score (nSPS) is 10.8. The summed E-state index contributed by atoms with van der Waals surface area (Å²) < 4.78 is 25.0. The number of benzene rings is 1. The van der Waals surface area contributed by atoms with Gasteiger partial charge in [0.25, 0.3) is 6.48 Å².